The number of carboxylic acids is 1. The number of benzene rings is 5. The normalized spacial score (nSPS) is 26.4. The molecule has 7 aliphatic heterocycles. The minimum Gasteiger partial charge on any atom is -0.508 e. The van der Waals surface area contributed by atoms with Crippen LogP contribution in [0.5, 0.6) is 46.0 Å². The number of phenolic OH excluding ortho intramolecular Hbond substituents is 3. The van der Waals surface area contributed by atoms with Crippen LogP contribution in [0.3, 0.4) is 0 Å². The summed E-state index contributed by atoms with van der Waals surface area (Å²) in [6.45, 7) is 3.88. The number of nitrogens with one attached hydrogen (secondary N) is 9. The Labute approximate surface area is 705 Å². The first-order valence-corrected chi connectivity index (χ1v) is 41.5. The molecule has 9 amide bonds. The lowest BCUT2D eigenvalue weighted by atomic mass is 9.85. The molecule has 45 nitrogen and oxygen atoms in total. The number of aliphatic hydroxyl groups excluding tert-OH is 6. The van der Waals surface area contributed by atoms with Crippen molar-refractivity contribution in [1.29, 1.82) is 0 Å². The van der Waals surface area contributed by atoms with Crippen molar-refractivity contribution in [3.05, 3.63) is 117 Å². The predicted molar refractivity (Wildman–Crippen MR) is 416 cm³/mol. The van der Waals surface area contributed by atoms with E-state index in [2.05, 4.69) is 42.5 Å². The van der Waals surface area contributed by atoms with Gasteiger partial charge in [-0.3, -0.25) is 52.3 Å². The van der Waals surface area contributed by atoms with Crippen LogP contribution in [0.4, 0.5) is 4.79 Å². The lowest BCUT2D eigenvalue weighted by Gasteiger charge is -2.48. The summed E-state index contributed by atoms with van der Waals surface area (Å²) in [5.74, 6) is -19.7. The number of aromatic hydroxyl groups is 3. The molecule has 25 N–H and O–H groups in total. The van der Waals surface area contributed by atoms with Crippen LogP contribution in [0.1, 0.15) is 124 Å². The molecule has 5 aromatic carbocycles. The fourth-order valence-electron chi connectivity index (χ4n) is 14.1. The zero-order valence-corrected chi connectivity index (χ0v) is 68.5. The SMILES string of the molecule is CN[C@H](CC(C)C)C(=O)N[C@H]1C(=O)N[C@@H](CC(N)=O)C(=O)N[C@H]2C(=O)N[C@H]3C(=O)N[C@H](C(=O)N[C@H](C(=O)O)c4cc(O)cc(O)c4-c4cc3ccc4O)[C@H](O)c3ccc(c(Cl)c3)Oc3cc2cc(c3O[C@@H]2O[C@H](CO)[C@@H](O)[C@H](O)[C@H]2O[C@H]2C[C@](C)(NC(=O)OCOC(=O)CCCC(=O)NC(P(=O)(O)O)P(=O)(O)O)[C@H](O)[C@H](C)O2)Oc2ccc(cc2Cl)[C@H]1O. The van der Waals surface area contributed by atoms with Gasteiger partial charge in [-0.05, 0) is 117 Å². The van der Waals surface area contributed by atoms with Crippen LogP contribution >= 0.6 is 38.4 Å². The minimum absolute atomic E-state index is 0.151. The van der Waals surface area contributed by atoms with Gasteiger partial charge in [0.1, 0.15) is 95.6 Å². The summed E-state index contributed by atoms with van der Waals surface area (Å²) < 4.78 is 71.7. The minimum atomic E-state index is -5.56. The first-order valence-electron chi connectivity index (χ1n) is 37.4. The summed E-state index contributed by atoms with van der Waals surface area (Å²) >= 11 is 14.2. The Morgan fingerprint density at radius 3 is 1.88 bits per heavy atom. The van der Waals surface area contributed by atoms with Crippen molar-refractivity contribution >= 4 is 104 Å². The molecule has 2 saturated heterocycles. The van der Waals surface area contributed by atoms with Gasteiger partial charge in [0.05, 0.1) is 40.8 Å². The van der Waals surface area contributed by atoms with Crippen molar-refractivity contribution in [1.82, 2.24) is 47.9 Å². The van der Waals surface area contributed by atoms with Gasteiger partial charge in [-0.2, -0.15) is 0 Å². The Balaban J connectivity index is 1.11. The number of fused-ring (bicyclic) bond motifs is 15. The number of nitrogens with two attached hydrogens (primary N) is 1. The maximum atomic E-state index is 16.2. The Hall–Kier alpha value is -10.6. The average molecular weight is 1810 g/mol. The van der Waals surface area contributed by atoms with Gasteiger partial charge in [0.25, 0.3) is 0 Å². The van der Waals surface area contributed by atoms with Crippen molar-refractivity contribution < 1.29 is 170 Å². The summed E-state index contributed by atoms with van der Waals surface area (Å²) in [7, 11) is -9.69. The maximum Gasteiger partial charge on any atom is 0.410 e. The summed E-state index contributed by atoms with van der Waals surface area (Å²) in [5, 5.41) is 136. The Morgan fingerprint density at radius 2 is 1.29 bits per heavy atom. The molecule has 7 aliphatic rings. The predicted octanol–water partition coefficient (Wildman–Crippen LogP) is -0.700. The van der Waals surface area contributed by atoms with E-state index in [-0.39, 0.29) is 23.5 Å². The number of ether oxygens (including phenoxy) is 8. The summed E-state index contributed by atoms with van der Waals surface area (Å²) in [6.07, 6.45) is -24.7. The third kappa shape index (κ3) is 22.3. The third-order valence-corrected chi connectivity index (χ3v) is 24.2. The van der Waals surface area contributed by atoms with E-state index in [9.17, 15) is 118 Å². The number of primary amides is 1. The Morgan fingerprint density at radius 1 is 0.691 bits per heavy atom. The number of alkyl carbamates (subject to hydrolysis) is 1. The van der Waals surface area contributed by atoms with Crippen LogP contribution in [0.2, 0.25) is 10.0 Å². The van der Waals surface area contributed by atoms with Crippen molar-refractivity contribution in [2.45, 2.75) is 181 Å². The average Bonchev–Trinajstić information content (AvgIpc) is 0.774. The monoisotopic (exact) mass is 1810 g/mol. The zero-order valence-electron chi connectivity index (χ0n) is 65.2. The van der Waals surface area contributed by atoms with Crippen molar-refractivity contribution in [3.63, 3.8) is 0 Å². The van der Waals surface area contributed by atoms with Gasteiger partial charge in [-0.15, -0.1) is 0 Å². The Bertz CT molecular complexity index is 5000. The molecule has 7 heterocycles. The molecule has 0 unspecified atom stereocenters. The number of carboxylic acid groups (broad SMARTS) is 1. The van der Waals surface area contributed by atoms with Gasteiger partial charge in [0, 0.05) is 42.0 Å². The summed E-state index contributed by atoms with van der Waals surface area (Å²) in [5.41, 5.74) is -2.36. The molecule has 0 radical (unpaired) electrons. The van der Waals surface area contributed by atoms with Crippen LogP contribution in [0.25, 0.3) is 11.1 Å². The fourth-order valence-corrected chi connectivity index (χ4v) is 16.7. The van der Waals surface area contributed by atoms with Crippen molar-refractivity contribution in [2.24, 2.45) is 11.7 Å². The number of hydrogen-bond acceptors (Lipinski definition) is 31. The van der Waals surface area contributed by atoms with Gasteiger partial charge in [-0.25, -0.2) is 9.59 Å². The molecular weight excluding hydrogens is 1720 g/mol. The maximum absolute atomic E-state index is 16.2. The highest BCUT2D eigenvalue weighted by molar-refractivity contribution is 7.70. The van der Waals surface area contributed by atoms with E-state index in [1.807, 2.05) is 0 Å². The molecule has 12 rings (SSSR count). The standard InChI is InChI=1S/C74H88Cl2N10O35P2/c1-27(2)15-38(78-5)64(99)84-55-57(94)30-10-13-42(36(75)17-30)117-44-19-32-20-45(61(44)121-71-62(60(97)59(96)46(25-87)119-71)120-50-24-74(4,63(98)28(3)116-50)86-72(107)115-26-114-49(93)8-6-7-48(92)80-73(122(108,109)110)123(111,112)113)118-43-14-11-31(18-37(43)76)58(95)56-69(104)83-54(70(105)106)35-21-33(88)22-41(90)51(35)34-16-29(9-12-40(34)89)52(66(101)85-56)82-67(102)53(32)81-65(100)39(23-47(77)91)79-68(55)103/h9-14,16-22,27-28,38-39,46,50,52-60,62-63,71,73,78,87-90,94-98H,6-8,15,23-26H2,1-5H3,(H2,77,91)(H,79,103)(H,80,92)(H,81,100)(H,82,102)(H,83,104)(H,84,99)(H,85,101)(H,86,107)(H,105,106)(H2,108,109,110)(H2,111,112,113)/t28-,38+,39-,46+,50-,52+,53+,54-,55+,56-,57+,58+,59+,60-,62+,63+,71-,74-/m0/s1. The lowest BCUT2D eigenvalue weighted by Crippen LogP contribution is -2.66. The molecule has 5 aromatic rings. The fraction of sp³-hybridized carbons (Fsp3) is 0.446. The molecule has 2 fully saturated rings. The van der Waals surface area contributed by atoms with Gasteiger partial charge < -0.3 is 162 Å². The second-order valence-corrected chi connectivity index (χ2v) is 34.4. The molecule has 123 heavy (non-hydrogen) atoms. The van der Waals surface area contributed by atoms with Crippen LogP contribution in [0.15, 0.2) is 78.9 Å². The number of hydrogen-bond donors (Lipinski definition) is 24. The second kappa shape index (κ2) is 39.0. The quantitative estimate of drug-likeness (QED) is 0.0218. The number of amides is 9. The topological polar surface area (TPSA) is 713 Å². The number of halogens is 2. The molecule has 49 heteroatoms. The number of phenols is 3. The zero-order chi connectivity index (χ0) is 90.5. The van der Waals surface area contributed by atoms with Crippen LogP contribution in [-0.4, -0.2) is 241 Å². The van der Waals surface area contributed by atoms with Gasteiger partial charge in [0.15, 0.2) is 29.9 Å². The highest BCUT2D eigenvalue weighted by atomic mass is 35.5. The van der Waals surface area contributed by atoms with E-state index in [4.69, 9.17) is 66.8 Å². The Kier molecular flexibility index (Phi) is 30.0. The van der Waals surface area contributed by atoms with E-state index in [0.717, 1.165) is 78.9 Å². The number of esters is 1. The first kappa shape index (κ1) is 94.6. The van der Waals surface area contributed by atoms with E-state index >= 15 is 14.4 Å². The molecule has 668 valence electrons. The van der Waals surface area contributed by atoms with Crippen LogP contribution in [0, 0.1) is 5.92 Å². The van der Waals surface area contributed by atoms with E-state index in [0.29, 0.717) is 0 Å². The van der Waals surface area contributed by atoms with E-state index in [1.54, 1.807) is 13.8 Å². The second-order valence-electron chi connectivity index (χ2n) is 29.8. The lowest BCUT2D eigenvalue weighted by molar-refractivity contribution is -0.334. The number of carbonyl (C=O) groups is 11. The highest BCUT2D eigenvalue weighted by Gasteiger charge is 2.53. The summed E-state index contributed by atoms with van der Waals surface area (Å²) in [6, 6.07) is -2.05. The third-order valence-electron chi connectivity index (χ3n) is 20.2. The summed E-state index contributed by atoms with van der Waals surface area (Å²) in [4.78, 5) is 193. The molecule has 0 saturated carbocycles. The molecule has 0 spiro atoms. The molecule has 18 atom stereocenters. The largest absolute Gasteiger partial charge is 0.508 e. The highest BCUT2D eigenvalue weighted by Crippen LogP contribution is 2.58. The van der Waals surface area contributed by atoms with E-state index < -0.39 is 325 Å². The van der Waals surface area contributed by atoms with Gasteiger partial charge >= 0.3 is 33.2 Å². The number of aliphatic carboxylic acids is 1. The molecular formula is C74H88Cl2N10O35P2. The number of rotatable bonds is 23. The van der Waals surface area contributed by atoms with Gasteiger partial charge in [-0.1, -0.05) is 55.2 Å². The van der Waals surface area contributed by atoms with Crippen molar-refractivity contribution in [2.75, 3.05) is 20.4 Å². The molecule has 0 aromatic heterocycles. The number of aliphatic hydroxyl groups is 6. The van der Waals surface area contributed by atoms with Crippen molar-refractivity contribution in [3.8, 4) is 57.1 Å². The first-order chi connectivity index (χ1) is 57.7. The molecule has 0 aliphatic carbocycles. The van der Waals surface area contributed by atoms with E-state index in [1.165, 1.54) is 26.2 Å². The number of likely N-dealkylation sites (N-methyl/N-ethyl adjacent to an activating group) is 1. The van der Waals surface area contributed by atoms with Crippen LogP contribution in [-0.2, 0) is 80.8 Å². The van der Waals surface area contributed by atoms with Gasteiger partial charge in [0.2, 0.25) is 71.6 Å². The van der Waals surface area contributed by atoms with Crippen LogP contribution < -0.4 is 67.8 Å². The smallest absolute Gasteiger partial charge is 0.410 e. The number of carbonyl (C=O) groups excluding carboxylic acids is 10. The molecule has 11 bridgehead atoms.